The Morgan fingerprint density at radius 1 is 1.32 bits per heavy atom. The van der Waals surface area contributed by atoms with Gasteiger partial charge in [0.15, 0.2) is 0 Å². The first-order valence-corrected chi connectivity index (χ1v) is 6.49. The maximum atomic E-state index is 12.7. The van der Waals surface area contributed by atoms with Crippen molar-refractivity contribution < 1.29 is 4.79 Å². The van der Waals surface area contributed by atoms with Gasteiger partial charge in [-0.2, -0.15) is 5.10 Å². The van der Waals surface area contributed by atoms with Crippen LogP contribution in [0.2, 0.25) is 0 Å². The van der Waals surface area contributed by atoms with Crippen LogP contribution in [0.3, 0.4) is 0 Å². The van der Waals surface area contributed by atoms with Crippen LogP contribution in [0.5, 0.6) is 0 Å². The maximum Gasteiger partial charge on any atom is 0.258 e. The largest absolute Gasteiger partial charge is 0.331 e. The van der Waals surface area contributed by atoms with E-state index in [9.17, 15) is 4.79 Å². The van der Waals surface area contributed by atoms with Gasteiger partial charge in [-0.15, -0.1) is 0 Å². The van der Waals surface area contributed by atoms with Crippen LogP contribution in [-0.4, -0.2) is 50.6 Å². The lowest BCUT2D eigenvalue weighted by Gasteiger charge is -2.39. The van der Waals surface area contributed by atoms with Gasteiger partial charge in [-0.3, -0.25) is 9.78 Å². The first-order chi connectivity index (χ1) is 9.18. The summed E-state index contributed by atoms with van der Waals surface area (Å²) in [6.07, 6.45) is 6.71. The van der Waals surface area contributed by atoms with Crippen LogP contribution >= 0.6 is 0 Å². The van der Waals surface area contributed by atoms with Gasteiger partial charge in [0.25, 0.3) is 5.91 Å². The number of nitrogens with zero attached hydrogens (tertiary/aromatic N) is 4. The van der Waals surface area contributed by atoms with Crippen molar-refractivity contribution in [2.24, 2.45) is 0 Å². The standard InChI is InChI=1S/C13H17N5O/c1-9-5-15-6-10(2)18(9)13(19)11-7-16-17-4-3-14-8-12(11)17/h3-4,7-10,15H,5-6H2,1-2H3. The number of carbonyl (C=O) groups excluding carboxylic acids is 1. The van der Waals surface area contributed by atoms with E-state index in [1.165, 1.54) is 0 Å². The van der Waals surface area contributed by atoms with Gasteiger partial charge >= 0.3 is 0 Å². The highest BCUT2D eigenvalue weighted by Gasteiger charge is 2.30. The zero-order chi connectivity index (χ0) is 13.4. The zero-order valence-corrected chi connectivity index (χ0v) is 11.1. The van der Waals surface area contributed by atoms with Gasteiger partial charge < -0.3 is 10.2 Å². The highest BCUT2D eigenvalue weighted by molar-refractivity contribution is 6.00. The van der Waals surface area contributed by atoms with Crippen molar-refractivity contribution >= 4 is 11.4 Å². The number of aromatic nitrogens is 3. The molecule has 0 aliphatic carbocycles. The average Bonchev–Trinajstić information content (AvgIpc) is 2.82. The van der Waals surface area contributed by atoms with E-state index in [0.29, 0.717) is 5.56 Å². The number of rotatable bonds is 1. The van der Waals surface area contributed by atoms with Gasteiger partial charge in [-0.25, -0.2) is 4.52 Å². The Kier molecular flexibility index (Phi) is 2.94. The molecule has 1 fully saturated rings. The van der Waals surface area contributed by atoms with Gasteiger partial charge in [0.1, 0.15) is 0 Å². The van der Waals surface area contributed by atoms with Crippen LogP contribution < -0.4 is 5.32 Å². The molecule has 100 valence electrons. The molecule has 3 heterocycles. The van der Waals surface area contributed by atoms with Gasteiger partial charge in [-0.1, -0.05) is 0 Å². The van der Waals surface area contributed by atoms with E-state index in [2.05, 4.69) is 29.2 Å². The molecule has 1 aliphatic rings. The van der Waals surface area contributed by atoms with Crippen molar-refractivity contribution in [1.29, 1.82) is 0 Å². The van der Waals surface area contributed by atoms with Crippen molar-refractivity contribution in [2.75, 3.05) is 13.1 Å². The summed E-state index contributed by atoms with van der Waals surface area (Å²) in [5, 5.41) is 7.52. The Balaban J connectivity index is 1.99. The van der Waals surface area contributed by atoms with Gasteiger partial charge in [0.05, 0.1) is 23.5 Å². The molecule has 6 heteroatoms. The summed E-state index contributed by atoms with van der Waals surface area (Å²) >= 11 is 0. The summed E-state index contributed by atoms with van der Waals surface area (Å²) in [7, 11) is 0. The molecule has 6 nitrogen and oxygen atoms in total. The van der Waals surface area contributed by atoms with Crippen molar-refractivity contribution in [3.05, 3.63) is 30.4 Å². The Morgan fingerprint density at radius 3 is 2.79 bits per heavy atom. The highest BCUT2D eigenvalue weighted by atomic mass is 16.2. The normalized spacial score (nSPS) is 23.8. The third kappa shape index (κ3) is 1.98. The molecule has 0 aromatic carbocycles. The number of nitrogens with one attached hydrogen (secondary N) is 1. The number of hydrogen-bond acceptors (Lipinski definition) is 4. The smallest absolute Gasteiger partial charge is 0.258 e. The van der Waals surface area contributed by atoms with Gasteiger partial charge in [0.2, 0.25) is 0 Å². The fourth-order valence-corrected chi connectivity index (χ4v) is 2.67. The summed E-state index contributed by atoms with van der Waals surface area (Å²) < 4.78 is 1.68. The van der Waals surface area contributed by atoms with E-state index in [0.717, 1.165) is 18.6 Å². The molecule has 2 aromatic heterocycles. The Morgan fingerprint density at radius 2 is 2.05 bits per heavy atom. The van der Waals surface area contributed by atoms with Crippen molar-refractivity contribution in [2.45, 2.75) is 25.9 Å². The Hall–Kier alpha value is -1.95. The fourth-order valence-electron chi connectivity index (χ4n) is 2.67. The fraction of sp³-hybridized carbons (Fsp3) is 0.462. The van der Waals surface area contributed by atoms with Gasteiger partial charge in [0, 0.05) is 37.6 Å². The van der Waals surface area contributed by atoms with E-state index in [4.69, 9.17) is 0 Å². The minimum Gasteiger partial charge on any atom is -0.331 e. The average molecular weight is 259 g/mol. The summed E-state index contributed by atoms with van der Waals surface area (Å²) in [6.45, 7) is 5.77. The molecule has 1 amide bonds. The quantitative estimate of drug-likeness (QED) is 0.812. The van der Waals surface area contributed by atoms with Gasteiger partial charge in [-0.05, 0) is 13.8 Å². The summed E-state index contributed by atoms with van der Waals surface area (Å²) in [6, 6.07) is 0.366. The molecule has 2 unspecified atom stereocenters. The topological polar surface area (TPSA) is 62.5 Å². The lowest BCUT2D eigenvalue weighted by atomic mass is 10.1. The molecule has 0 radical (unpaired) electrons. The summed E-state index contributed by atoms with van der Waals surface area (Å²) in [5.74, 6) is 0.0319. The van der Waals surface area contributed by atoms with Crippen LogP contribution in [-0.2, 0) is 0 Å². The molecule has 1 saturated heterocycles. The van der Waals surface area contributed by atoms with Crippen molar-refractivity contribution in [3.8, 4) is 0 Å². The molecule has 1 N–H and O–H groups in total. The first kappa shape index (κ1) is 12.1. The molecule has 3 rings (SSSR count). The van der Waals surface area contributed by atoms with Crippen molar-refractivity contribution in [1.82, 2.24) is 24.8 Å². The Bertz CT molecular complexity index is 598. The molecular formula is C13H17N5O. The van der Waals surface area contributed by atoms with E-state index in [-0.39, 0.29) is 18.0 Å². The van der Waals surface area contributed by atoms with Crippen LogP contribution in [0.1, 0.15) is 24.2 Å². The molecule has 0 saturated carbocycles. The highest BCUT2D eigenvalue weighted by Crippen LogP contribution is 2.17. The van der Waals surface area contributed by atoms with Crippen LogP contribution in [0.4, 0.5) is 0 Å². The summed E-state index contributed by atoms with van der Waals surface area (Å²) in [4.78, 5) is 18.7. The predicted molar refractivity (Wildman–Crippen MR) is 71.0 cm³/mol. The number of amides is 1. The predicted octanol–water partition coefficient (Wildman–Crippen LogP) is 0.552. The third-order valence-electron chi connectivity index (χ3n) is 3.62. The second-order valence-electron chi connectivity index (χ2n) is 5.03. The lowest BCUT2D eigenvalue weighted by molar-refractivity contribution is 0.0546. The third-order valence-corrected chi connectivity index (χ3v) is 3.62. The second kappa shape index (κ2) is 4.62. The minimum atomic E-state index is 0.0319. The van der Waals surface area contributed by atoms with Crippen LogP contribution in [0.15, 0.2) is 24.8 Å². The van der Waals surface area contributed by atoms with E-state index >= 15 is 0 Å². The molecule has 0 bridgehead atoms. The lowest BCUT2D eigenvalue weighted by Crippen LogP contribution is -2.57. The van der Waals surface area contributed by atoms with Crippen LogP contribution in [0, 0.1) is 0 Å². The molecule has 19 heavy (non-hydrogen) atoms. The monoisotopic (exact) mass is 259 g/mol. The number of piperazine rings is 1. The molecular weight excluding hydrogens is 242 g/mol. The summed E-state index contributed by atoms with van der Waals surface area (Å²) in [5.41, 5.74) is 1.37. The molecule has 2 atom stereocenters. The number of fused-ring (bicyclic) bond motifs is 1. The number of carbonyl (C=O) groups is 1. The van der Waals surface area contributed by atoms with E-state index in [1.54, 1.807) is 29.3 Å². The molecule has 1 aliphatic heterocycles. The van der Waals surface area contributed by atoms with E-state index in [1.807, 2.05) is 4.90 Å². The Labute approximate surface area is 111 Å². The zero-order valence-electron chi connectivity index (χ0n) is 11.1. The molecule has 2 aromatic rings. The minimum absolute atomic E-state index is 0.0319. The number of hydrogen-bond donors (Lipinski definition) is 1. The SMILES string of the molecule is CC1CNCC(C)N1C(=O)c1cnn2ccncc12. The second-order valence-corrected chi connectivity index (χ2v) is 5.03. The van der Waals surface area contributed by atoms with Crippen molar-refractivity contribution in [3.63, 3.8) is 0 Å². The van der Waals surface area contributed by atoms with E-state index < -0.39 is 0 Å². The van der Waals surface area contributed by atoms with Crippen LogP contribution in [0.25, 0.3) is 5.52 Å². The maximum absolute atomic E-state index is 12.7. The molecule has 0 spiro atoms. The first-order valence-electron chi connectivity index (χ1n) is 6.49.